The van der Waals surface area contributed by atoms with Gasteiger partial charge in [-0.3, -0.25) is 4.79 Å². The highest BCUT2D eigenvalue weighted by molar-refractivity contribution is 5.82. The van der Waals surface area contributed by atoms with Crippen LogP contribution in [0.15, 0.2) is 0 Å². The number of carbonyl (C=O) groups is 1. The van der Waals surface area contributed by atoms with Gasteiger partial charge in [0, 0.05) is 6.04 Å². The van der Waals surface area contributed by atoms with Crippen LogP contribution >= 0.6 is 0 Å². The number of nitrogens with two attached hydrogens (primary N) is 1. The largest absolute Gasteiger partial charge is 0.351 e. The van der Waals surface area contributed by atoms with Crippen LogP contribution in [0.1, 0.15) is 41.0 Å². The summed E-state index contributed by atoms with van der Waals surface area (Å²) in [5, 5.41) is 3.02. The average Bonchev–Trinajstić information content (AvgIpc) is 2.46. The number of hydrogen-bond acceptors (Lipinski definition) is 2. The maximum Gasteiger partial charge on any atom is 0.237 e. The second kappa shape index (κ2) is 3.23. The van der Waals surface area contributed by atoms with E-state index in [2.05, 4.69) is 33.0 Å². The van der Waals surface area contributed by atoms with Gasteiger partial charge in [0.05, 0.1) is 6.04 Å². The third-order valence-electron chi connectivity index (χ3n) is 4.08. The highest BCUT2D eigenvalue weighted by atomic mass is 16.2. The Morgan fingerprint density at radius 3 is 2.07 bits per heavy atom. The molecule has 1 fully saturated rings. The van der Waals surface area contributed by atoms with Gasteiger partial charge in [0.15, 0.2) is 0 Å². The van der Waals surface area contributed by atoms with Crippen LogP contribution in [-0.2, 0) is 4.79 Å². The zero-order chi connectivity index (χ0) is 11.1. The highest BCUT2D eigenvalue weighted by Crippen LogP contribution is 2.62. The number of rotatable bonds is 3. The lowest BCUT2D eigenvalue weighted by Gasteiger charge is -2.11. The Kier molecular flexibility index (Phi) is 2.65. The molecule has 0 aromatic rings. The van der Waals surface area contributed by atoms with Gasteiger partial charge in [0.2, 0.25) is 5.91 Å². The van der Waals surface area contributed by atoms with Gasteiger partial charge in [-0.2, -0.15) is 0 Å². The third kappa shape index (κ3) is 1.54. The fourth-order valence-electron chi connectivity index (χ4n) is 1.99. The van der Waals surface area contributed by atoms with Gasteiger partial charge >= 0.3 is 0 Å². The smallest absolute Gasteiger partial charge is 0.237 e. The van der Waals surface area contributed by atoms with Crippen molar-refractivity contribution in [2.24, 2.45) is 16.6 Å². The van der Waals surface area contributed by atoms with Crippen molar-refractivity contribution in [3.05, 3.63) is 0 Å². The summed E-state index contributed by atoms with van der Waals surface area (Å²) in [7, 11) is 0. The molecule has 82 valence electrons. The van der Waals surface area contributed by atoms with Gasteiger partial charge < -0.3 is 11.1 Å². The van der Waals surface area contributed by atoms with E-state index in [1.54, 1.807) is 0 Å². The van der Waals surface area contributed by atoms with Crippen molar-refractivity contribution in [1.82, 2.24) is 5.32 Å². The van der Waals surface area contributed by atoms with Crippen LogP contribution in [0, 0.1) is 10.8 Å². The summed E-state index contributed by atoms with van der Waals surface area (Å²) in [6, 6.07) is -0.0951. The molecule has 0 unspecified atom stereocenters. The van der Waals surface area contributed by atoms with Crippen LogP contribution in [0.25, 0.3) is 0 Å². The van der Waals surface area contributed by atoms with E-state index in [0.717, 1.165) is 0 Å². The molecule has 0 radical (unpaired) electrons. The van der Waals surface area contributed by atoms with Crippen molar-refractivity contribution in [1.29, 1.82) is 0 Å². The summed E-state index contributed by atoms with van der Waals surface area (Å²) in [6.07, 6.45) is 0.694. The molecule has 0 saturated heterocycles. The molecule has 1 rings (SSSR count). The third-order valence-corrected chi connectivity index (χ3v) is 4.08. The van der Waals surface area contributed by atoms with E-state index < -0.39 is 0 Å². The van der Waals surface area contributed by atoms with E-state index in [1.807, 2.05) is 6.92 Å². The molecule has 1 aliphatic carbocycles. The highest BCUT2D eigenvalue weighted by Gasteiger charge is 2.65. The molecule has 1 saturated carbocycles. The second-order valence-corrected chi connectivity index (χ2v) is 5.40. The first-order chi connectivity index (χ1) is 6.25. The summed E-state index contributed by atoms with van der Waals surface area (Å²) >= 11 is 0. The summed E-state index contributed by atoms with van der Waals surface area (Å²) in [6.45, 7) is 10.6. The molecule has 1 amide bonds. The Balaban J connectivity index is 2.53. The van der Waals surface area contributed by atoms with Crippen LogP contribution in [-0.4, -0.2) is 18.0 Å². The fourth-order valence-corrected chi connectivity index (χ4v) is 1.99. The number of hydrogen-bond donors (Lipinski definition) is 2. The molecule has 3 N–H and O–H groups in total. The summed E-state index contributed by atoms with van der Waals surface area (Å²) in [4.78, 5) is 11.6. The Labute approximate surface area is 86.4 Å². The molecule has 0 aromatic carbocycles. The van der Waals surface area contributed by atoms with Crippen LogP contribution in [0.3, 0.4) is 0 Å². The molecule has 1 atom stereocenters. The average molecular weight is 198 g/mol. The number of nitrogens with one attached hydrogen (secondary N) is 1. The molecule has 0 heterocycles. The molecule has 0 aliphatic heterocycles. The topological polar surface area (TPSA) is 55.1 Å². The first-order valence-corrected chi connectivity index (χ1v) is 5.31. The standard InChI is InChI=1S/C11H22N2O/c1-6-7(12)8(14)13-9-10(2,3)11(9,4)5/h7,9H,6,12H2,1-5H3,(H,13,14)/t7-/m1/s1. The summed E-state index contributed by atoms with van der Waals surface area (Å²) in [5.41, 5.74) is 6.04. The van der Waals surface area contributed by atoms with Crippen LogP contribution in [0.2, 0.25) is 0 Å². The van der Waals surface area contributed by atoms with Gasteiger partial charge in [-0.1, -0.05) is 34.6 Å². The van der Waals surface area contributed by atoms with Crippen molar-refractivity contribution in [3.63, 3.8) is 0 Å². The van der Waals surface area contributed by atoms with Gasteiger partial charge in [0.1, 0.15) is 0 Å². The van der Waals surface area contributed by atoms with Gasteiger partial charge in [-0.05, 0) is 17.3 Å². The van der Waals surface area contributed by atoms with E-state index >= 15 is 0 Å². The second-order valence-electron chi connectivity index (χ2n) is 5.40. The number of carbonyl (C=O) groups excluding carboxylic acids is 1. The minimum atomic E-state index is -0.359. The minimum Gasteiger partial charge on any atom is -0.351 e. The van der Waals surface area contributed by atoms with Crippen LogP contribution in [0.4, 0.5) is 0 Å². The maximum absolute atomic E-state index is 11.6. The van der Waals surface area contributed by atoms with Crippen LogP contribution < -0.4 is 11.1 Å². The summed E-state index contributed by atoms with van der Waals surface area (Å²) < 4.78 is 0. The Morgan fingerprint density at radius 2 is 1.79 bits per heavy atom. The van der Waals surface area contributed by atoms with Crippen molar-refractivity contribution in [2.75, 3.05) is 0 Å². The zero-order valence-corrected chi connectivity index (χ0v) is 9.85. The quantitative estimate of drug-likeness (QED) is 0.717. The summed E-state index contributed by atoms with van der Waals surface area (Å²) in [5.74, 6) is -0.0175. The predicted molar refractivity (Wildman–Crippen MR) is 57.8 cm³/mol. The first kappa shape index (κ1) is 11.5. The monoisotopic (exact) mass is 198 g/mol. The minimum absolute atomic E-state index is 0.0175. The van der Waals surface area contributed by atoms with Gasteiger partial charge in [-0.25, -0.2) is 0 Å². The Morgan fingerprint density at radius 1 is 1.36 bits per heavy atom. The van der Waals surface area contributed by atoms with E-state index in [0.29, 0.717) is 6.42 Å². The molecule has 3 nitrogen and oxygen atoms in total. The lowest BCUT2D eigenvalue weighted by Crippen LogP contribution is -2.42. The maximum atomic E-state index is 11.6. The predicted octanol–water partition coefficient (Wildman–Crippen LogP) is 1.27. The molecular formula is C11H22N2O. The Hall–Kier alpha value is -0.570. The van der Waals surface area contributed by atoms with Gasteiger partial charge in [-0.15, -0.1) is 0 Å². The van der Waals surface area contributed by atoms with E-state index in [4.69, 9.17) is 5.73 Å². The van der Waals surface area contributed by atoms with E-state index in [1.165, 1.54) is 0 Å². The van der Waals surface area contributed by atoms with Crippen LogP contribution in [0.5, 0.6) is 0 Å². The first-order valence-electron chi connectivity index (χ1n) is 5.31. The molecule has 1 aliphatic rings. The zero-order valence-electron chi connectivity index (χ0n) is 9.85. The fraction of sp³-hybridized carbons (Fsp3) is 0.909. The molecule has 0 aromatic heterocycles. The van der Waals surface area contributed by atoms with Crippen molar-refractivity contribution < 1.29 is 4.79 Å². The normalized spacial score (nSPS) is 25.6. The van der Waals surface area contributed by atoms with E-state index in [-0.39, 0.29) is 28.8 Å². The Bertz CT molecular complexity index is 232. The van der Waals surface area contributed by atoms with Crippen molar-refractivity contribution in [2.45, 2.75) is 53.1 Å². The number of amides is 1. The van der Waals surface area contributed by atoms with Crippen molar-refractivity contribution >= 4 is 5.91 Å². The van der Waals surface area contributed by atoms with Crippen molar-refractivity contribution in [3.8, 4) is 0 Å². The molecule has 14 heavy (non-hydrogen) atoms. The molecule has 0 spiro atoms. The van der Waals surface area contributed by atoms with E-state index in [9.17, 15) is 4.79 Å². The molecular weight excluding hydrogens is 176 g/mol. The SMILES string of the molecule is CC[C@@H](N)C(=O)NC1C(C)(C)C1(C)C. The lowest BCUT2D eigenvalue weighted by atomic mass is 10.0. The van der Waals surface area contributed by atoms with Gasteiger partial charge in [0.25, 0.3) is 0 Å². The molecule has 0 bridgehead atoms. The molecule has 3 heteroatoms. The lowest BCUT2D eigenvalue weighted by molar-refractivity contribution is -0.122.